The molecule has 0 saturated carbocycles. The third-order valence-electron chi connectivity index (χ3n) is 4.37. The SMILES string of the molecule is CC(Cl)(Cc1ccc(Cl)cc1)C(F)(F)SC(F)(F)C(C)(Cl)Cc1ccc(Cl)cc1. The summed E-state index contributed by atoms with van der Waals surface area (Å²) in [5.41, 5.74) is 0.899. The topological polar surface area (TPSA) is 0 Å². The molecule has 2 rings (SSSR count). The molecule has 0 spiro atoms. The Morgan fingerprint density at radius 2 is 0.931 bits per heavy atom. The number of hydrogen-bond acceptors (Lipinski definition) is 1. The van der Waals surface area contributed by atoms with Crippen LogP contribution in [0.3, 0.4) is 0 Å². The van der Waals surface area contributed by atoms with E-state index in [4.69, 9.17) is 46.4 Å². The molecule has 2 atom stereocenters. The van der Waals surface area contributed by atoms with Crippen LogP contribution in [0.25, 0.3) is 0 Å². The molecular formula is C20H18Cl4F4S. The minimum atomic E-state index is -3.98. The molecular weight excluding hydrogens is 490 g/mol. The summed E-state index contributed by atoms with van der Waals surface area (Å²) in [5.74, 6) is 0. The van der Waals surface area contributed by atoms with Gasteiger partial charge in [0.25, 0.3) is 0 Å². The molecule has 0 fully saturated rings. The van der Waals surface area contributed by atoms with Gasteiger partial charge in [0.2, 0.25) is 0 Å². The van der Waals surface area contributed by atoms with Gasteiger partial charge in [-0.15, -0.1) is 23.2 Å². The molecule has 0 nitrogen and oxygen atoms in total. The molecule has 2 unspecified atom stereocenters. The lowest BCUT2D eigenvalue weighted by atomic mass is 10.0. The number of thioether (sulfide) groups is 1. The zero-order valence-electron chi connectivity index (χ0n) is 15.5. The summed E-state index contributed by atoms with van der Waals surface area (Å²) in [7, 11) is 0. The summed E-state index contributed by atoms with van der Waals surface area (Å²) in [5, 5.41) is -7.10. The van der Waals surface area contributed by atoms with E-state index in [2.05, 4.69) is 0 Å². The highest BCUT2D eigenvalue weighted by molar-refractivity contribution is 8.01. The number of halogens is 8. The Kier molecular flexibility index (Phi) is 7.77. The van der Waals surface area contributed by atoms with Crippen LogP contribution in [-0.2, 0) is 12.8 Å². The van der Waals surface area contributed by atoms with Gasteiger partial charge >= 0.3 is 10.5 Å². The van der Waals surface area contributed by atoms with Crippen molar-refractivity contribution >= 4 is 58.2 Å². The van der Waals surface area contributed by atoms with Gasteiger partial charge in [0.05, 0.1) is 0 Å². The largest absolute Gasteiger partial charge is 0.318 e. The van der Waals surface area contributed by atoms with Crippen LogP contribution in [0.1, 0.15) is 25.0 Å². The van der Waals surface area contributed by atoms with Crippen LogP contribution in [0, 0.1) is 0 Å². The monoisotopic (exact) mass is 506 g/mol. The Labute approximate surface area is 191 Å². The maximum absolute atomic E-state index is 14.8. The third kappa shape index (κ3) is 6.33. The Bertz CT molecular complexity index is 752. The standard InChI is InChI=1S/C20H18Cl4F4S/c1-17(23,11-13-3-7-15(21)8-4-13)19(25,26)29-20(27,28)18(2,24)12-14-5-9-16(22)10-6-14/h3-10H,11-12H2,1-2H3. The second-order valence-corrected chi connectivity index (χ2v) is 10.9. The van der Waals surface area contributed by atoms with E-state index in [-0.39, 0.29) is 12.8 Å². The molecule has 0 aromatic heterocycles. The van der Waals surface area contributed by atoms with E-state index >= 15 is 0 Å². The van der Waals surface area contributed by atoms with E-state index < -0.39 is 32.0 Å². The quantitative estimate of drug-likeness (QED) is 0.254. The predicted octanol–water partition coefficient (Wildman–Crippen LogP) is 8.69. The van der Waals surface area contributed by atoms with Gasteiger partial charge in [-0.05, 0) is 73.8 Å². The van der Waals surface area contributed by atoms with Crippen molar-refractivity contribution in [2.75, 3.05) is 0 Å². The van der Waals surface area contributed by atoms with E-state index in [0.717, 1.165) is 13.8 Å². The molecule has 0 N–H and O–H groups in total. The van der Waals surface area contributed by atoms with Crippen molar-refractivity contribution in [3.05, 3.63) is 69.7 Å². The Hall–Kier alpha value is -0.330. The van der Waals surface area contributed by atoms with Crippen LogP contribution in [0.15, 0.2) is 48.5 Å². The van der Waals surface area contributed by atoms with Crippen LogP contribution in [0.2, 0.25) is 10.0 Å². The lowest BCUT2D eigenvalue weighted by Gasteiger charge is -2.38. The fourth-order valence-corrected chi connectivity index (χ4v) is 4.23. The van der Waals surface area contributed by atoms with Crippen LogP contribution < -0.4 is 0 Å². The van der Waals surface area contributed by atoms with Crippen molar-refractivity contribution < 1.29 is 17.6 Å². The van der Waals surface area contributed by atoms with Gasteiger partial charge in [0, 0.05) is 10.0 Å². The van der Waals surface area contributed by atoms with Crippen LogP contribution >= 0.6 is 58.2 Å². The highest BCUT2D eigenvalue weighted by Gasteiger charge is 2.61. The number of rotatable bonds is 8. The summed E-state index contributed by atoms with van der Waals surface area (Å²) in [6.07, 6.45) is -0.671. The molecule has 0 aliphatic rings. The van der Waals surface area contributed by atoms with Gasteiger partial charge in [0.1, 0.15) is 9.75 Å². The van der Waals surface area contributed by atoms with E-state index in [1.807, 2.05) is 0 Å². The summed E-state index contributed by atoms with van der Waals surface area (Å²) in [6.45, 7) is 2.05. The van der Waals surface area contributed by atoms with Gasteiger partial charge in [-0.25, -0.2) is 0 Å². The first-order valence-corrected chi connectivity index (χ1v) is 10.8. The van der Waals surface area contributed by atoms with Gasteiger partial charge in [-0.2, -0.15) is 17.6 Å². The van der Waals surface area contributed by atoms with Crippen LogP contribution in [-0.4, -0.2) is 20.3 Å². The summed E-state index contributed by atoms with van der Waals surface area (Å²) in [4.78, 5) is -4.55. The third-order valence-corrected chi connectivity index (χ3v) is 7.25. The van der Waals surface area contributed by atoms with Crippen molar-refractivity contribution in [2.45, 2.75) is 46.9 Å². The minimum absolute atomic E-state index is 0.335. The van der Waals surface area contributed by atoms with E-state index in [0.29, 0.717) is 21.2 Å². The summed E-state index contributed by atoms with van der Waals surface area (Å²) < 4.78 is 59.3. The Balaban J connectivity index is 2.18. The van der Waals surface area contributed by atoms with Crippen LogP contribution in [0.5, 0.6) is 0 Å². The number of alkyl halides is 6. The molecule has 2 aromatic carbocycles. The van der Waals surface area contributed by atoms with Gasteiger partial charge < -0.3 is 0 Å². The van der Waals surface area contributed by atoms with Crippen molar-refractivity contribution in [3.63, 3.8) is 0 Å². The fraction of sp³-hybridized carbons (Fsp3) is 0.400. The molecule has 0 amide bonds. The molecule has 2 aromatic rings. The van der Waals surface area contributed by atoms with Crippen molar-refractivity contribution in [1.82, 2.24) is 0 Å². The molecule has 160 valence electrons. The maximum Gasteiger partial charge on any atom is 0.318 e. The number of hydrogen-bond donors (Lipinski definition) is 0. The molecule has 0 saturated heterocycles. The predicted molar refractivity (Wildman–Crippen MR) is 116 cm³/mol. The summed E-state index contributed by atoms with van der Waals surface area (Å²) in [6, 6.07) is 12.2. The smallest absolute Gasteiger partial charge is 0.192 e. The fourth-order valence-electron chi connectivity index (χ4n) is 2.55. The second kappa shape index (κ2) is 9.04. The first-order chi connectivity index (χ1) is 13.2. The highest BCUT2D eigenvalue weighted by atomic mass is 35.5. The first-order valence-electron chi connectivity index (χ1n) is 8.48. The second-order valence-electron chi connectivity index (χ2n) is 7.14. The normalized spacial score (nSPS) is 16.9. The zero-order chi connectivity index (χ0) is 22.1. The molecule has 0 aliphatic carbocycles. The minimum Gasteiger partial charge on any atom is -0.192 e. The van der Waals surface area contributed by atoms with Crippen molar-refractivity contribution in [1.29, 1.82) is 0 Å². The van der Waals surface area contributed by atoms with E-state index in [9.17, 15) is 17.6 Å². The Morgan fingerprint density at radius 1 is 0.655 bits per heavy atom. The van der Waals surface area contributed by atoms with Gasteiger partial charge in [-0.1, -0.05) is 47.5 Å². The molecule has 0 radical (unpaired) electrons. The highest BCUT2D eigenvalue weighted by Crippen LogP contribution is 2.56. The Morgan fingerprint density at radius 3 is 1.21 bits per heavy atom. The van der Waals surface area contributed by atoms with Crippen molar-refractivity contribution in [3.8, 4) is 0 Å². The van der Waals surface area contributed by atoms with E-state index in [1.54, 1.807) is 0 Å². The maximum atomic E-state index is 14.8. The molecule has 0 heterocycles. The van der Waals surface area contributed by atoms with E-state index in [1.165, 1.54) is 48.5 Å². The molecule has 29 heavy (non-hydrogen) atoms. The van der Waals surface area contributed by atoms with Crippen molar-refractivity contribution in [2.24, 2.45) is 0 Å². The first kappa shape index (κ1) is 24.9. The van der Waals surface area contributed by atoms with Gasteiger partial charge in [0.15, 0.2) is 0 Å². The summed E-state index contributed by atoms with van der Waals surface area (Å²) >= 11 is 22.8. The number of benzene rings is 2. The molecule has 0 aliphatic heterocycles. The molecule has 9 heteroatoms. The van der Waals surface area contributed by atoms with Crippen LogP contribution in [0.4, 0.5) is 17.6 Å². The zero-order valence-corrected chi connectivity index (χ0v) is 19.3. The average molecular weight is 508 g/mol. The lowest BCUT2D eigenvalue weighted by Crippen LogP contribution is -2.48. The molecule has 0 bridgehead atoms. The average Bonchev–Trinajstić information content (AvgIpc) is 2.57. The lowest BCUT2D eigenvalue weighted by molar-refractivity contribution is 0.0245. The van der Waals surface area contributed by atoms with Gasteiger partial charge in [-0.3, -0.25) is 0 Å².